The first-order chi connectivity index (χ1) is 39.4. The van der Waals surface area contributed by atoms with Crippen LogP contribution in [0, 0.1) is 22.7 Å². The van der Waals surface area contributed by atoms with Crippen molar-refractivity contribution >= 4 is 55.6 Å². The predicted octanol–water partition coefficient (Wildman–Crippen LogP) is 15.2. The Bertz CT molecular complexity index is 4670. The molecular formula is C69H43N7O4. The summed E-state index contributed by atoms with van der Waals surface area (Å²) in [5.41, 5.74) is 11.6. The van der Waals surface area contributed by atoms with E-state index in [-0.39, 0.29) is 19.0 Å². The van der Waals surface area contributed by atoms with Gasteiger partial charge in [0.05, 0.1) is 56.5 Å². The fourth-order valence-electron chi connectivity index (χ4n) is 10.6. The van der Waals surface area contributed by atoms with Gasteiger partial charge in [-0.3, -0.25) is 0 Å². The molecule has 0 aliphatic rings. The van der Waals surface area contributed by atoms with Gasteiger partial charge in [-0.05, 0) is 102 Å². The SMILES string of the molecule is N#Cc1ccc(-n2c3ccccc3c3cc(C(=O)OCc4ccccc4)ccc32)cc1-c1nc(-c2ccccc2)nc(-c2cc(-n3c4ccccc4c4cc(C(=O)OCc5ccccc5)ccc43)ccc2-c2ccccc2C#N)n1. The van der Waals surface area contributed by atoms with Gasteiger partial charge in [0.15, 0.2) is 17.5 Å². The van der Waals surface area contributed by atoms with E-state index in [2.05, 4.69) is 21.3 Å². The highest BCUT2D eigenvalue weighted by molar-refractivity contribution is 6.12. The van der Waals surface area contributed by atoms with Gasteiger partial charge < -0.3 is 18.6 Å². The van der Waals surface area contributed by atoms with Crippen LogP contribution in [0.5, 0.6) is 0 Å². The third-order valence-corrected chi connectivity index (χ3v) is 14.4. The fraction of sp³-hybridized carbons (Fsp3) is 0.0290. The summed E-state index contributed by atoms with van der Waals surface area (Å²) >= 11 is 0. The molecule has 0 aliphatic carbocycles. The van der Waals surface area contributed by atoms with Gasteiger partial charge in [-0.25, -0.2) is 24.5 Å². The summed E-state index contributed by atoms with van der Waals surface area (Å²) in [5.74, 6) is 0.0748. The normalized spacial score (nSPS) is 11.2. The molecule has 0 fully saturated rings. The zero-order valence-electron chi connectivity index (χ0n) is 42.7. The molecule has 10 aromatic carbocycles. The Kier molecular flexibility index (Phi) is 12.5. The van der Waals surface area contributed by atoms with E-state index in [1.165, 1.54) is 0 Å². The van der Waals surface area contributed by atoms with Crippen LogP contribution in [0.3, 0.4) is 0 Å². The van der Waals surface area contributed by atoms with Crippen LogP contribution in [0.2, 0.25) is 0 Å². The Balaban J connectivity index is 0.971. The topological polar surface area (TPSA) is 149 Å². The van der Waals surface area contributed by atoms with Crippen molar-refractivity contribution in [3.05, 3.63) is 270 Å². The van der Waals surface area contributed by atoms with Gasteiger partial charge in [0.25, 0.3) is 0 Å². The first kappa shape index (κ1) is 48.4. The Morgan fingerprint density at radius 1 is 0.375 bits per heavy atom. The minimum atomic E-state index is -0.430. The standard InChI is InChI=1S/C69H43N7O4/c70-40-49-22-10-11-23-53(49)54-33-32-52(76-62-27-15-13-25-56(62)59-37-48(30-35-64(59)76)69(78)80-43-45-18-6-2-7-19-45)39-60(54)67-73-65(46-20-8-3-9-21-46)72-66(74-67)57-38-51(31-28-50(57)41-71)75-61-26-14-12-24-55(61)58-36-47(29-34-63(58)75)68(77)79-42-44-16-4-1-5-17-44/h1-39H,42-43H2. The Hall–Kier alpha value is -11.3. The van der Waals surface area contributed by atoms with Gasteiger partial charge in [0.2, 0.25) is 0 Å². The fourth-order valence-corrected chi connectivity index (χ4v) is 10.6. The molecule has 13 rings (SSSR count). The number of carbonyl (C=O) groups is 2. The number of nitriles is 2. The largest absolute Gasteiger partial charge is 0.457 e. The number of ether oxygens (including phenoxy) is 2. The second-order valence-corrected chi connectivity index (χ2v) is 19.2. The van der Waals surface area contributed by atoms with Crippen LogP contribution >= 0.6 is 0 Å². The maximum absolute atomic E-state index is 13.6. The smallest absolute Gasteiger partial charge is 0.338 e. The van der Waals surface area contributed by atoms with Gasteiger partial charge in [-0.2, -0.15) is 10.5 Å². The quantitative estimate of drug-likeness (QED) is 0.109. The van der Waals surface area contributed by atoms with E-state index >= 15 is 0 Å². The Morgan fingerprint density at radius 2 is 0.812 bits per heavy atom. The van der Waals surface area contributed by atoms with Crippen LogP contribution in [0.25, 0.3) is 100 Å². The number of aromatic nitrogens is 5. The molecule has 0 spiro atoms. The van der Waals surface area contributed by atoms with E-state index in [0.29, 0.717) is 56.2 Å². The molecule has 0 amide bonds. The van der Waals surface area contributed by atoms with Gasteiger partial charge in [0.1, 0.15) is 13.2 Å². The van der Waals surface area contributed by atoms with Crippen molar-refractivity contribution in [2.45, 2.75) is 13.2 Å². The highest BCUT2D eigenvalue weighted by Gasteiger charge is 2.24. The molecule has 0 saturated carbocycles. The second-order valence-electron chi connectivity index (χ2n) is 19.2. The third-order valence-electron chi connectivity index (χ3n) is 14.4. The third kappa shape index (κ3) is 8.92. The number of esters is 2. The van der Waals surface area contributed by atoms with Gasteiger partial charge in [-0.15, -0.1) is 0 Å². The summed E-state index contributed by atoms with van der Waals surface area (Å²) in [5, 5.41) is 25.0. The number of fused-ring (bicyclic) bond motifs is 6. The molecular weight excluding hydrogens is 991 g/mol. The van der Waals surface area contributed by atoms with Crippen molar-refractivity contribution in [1.82, 2.24) is 24.1 Å². The van der Waals surface area contributed by atoms with Crippen molar-refractivity contribution in [3.63, 3.8) is 0 Å². The number of benzene rings is 10. The molecule has 0 unspecified atom stereocenters. The van der Waals surface area contributed by atoms with Crippen molar-refractivity contribution in [1.29, 1.82) is 10.5 Å². The lowest BCUT2D eigenvalue weighted by atomic mass is 9.94. The van der Waals surface area contributed by atoms with Crippen molar-refractivity contribution in [2.75, 3.05) is 0 Å². The minimum absolute atomic E-state index is 0.150. The van der Waals surface area contributed by atoms with Gasteiger partial charge in [-0.1, -0.05) is 152 Å². The molecule has 11 heteroatoms. The lowest BCUT2D eigenvalue weighted by Gasteiger charge is -2.16. The van der Waals surface area contributed by atoms with Crippen LogP contribution in [0.4, 0.5) is 0 Å². The zero-order valence-corrected chi connectivity index (χ0v) is 42.7. The Morgan fingerprint density at radius 3 is 1.38 bits per heavy atom. The van der Waals surface area contributed by atoms with Crippen molar-refractivity contribution in [2.24, 2.45) is 0 Å². The predicted molar refractivity (Wildman–Crippen MR) is 311 cm³/mol. The molecule has 80 heavy (non-hydrogen) atoms. The van der Waals surface area contributed by atoms with Gasteiger partial charge in [0, 0.05) is 55.2 Å². The maximum atomic E-state index is 13.6. The summed E-state index contributed by atoms with van der Waals surface area (Å²) in [4.78, 5) is 42.7. The van der Waals surface area contributed by atoms with Crippen LogP contribution in [0.1, 0.15) is 43.0 Å². The highest BCUT2D eigenvalue weighted by Crippen LogP contribution is 2.40. The van der Waals surface area contributed by atoms with E-state index in [1.807, 2.05) is 212 Å². The summed E-state index contributed by atoms with van der Waals surface area (Å²) < 4.78 is 15.8. The second kappa shape index (κ2) is 20.7. The number of carbonyl (C=O) groups excluding carboxylic acids is 2. The monoisotopic (exact) mass is 1030 g/mol. The van der Waals surface area contributed by atoms with Gasteiger partial charge >= 0.3 is 11.9 Å². The van der Waals surface area contributed by atoms with E-state index in [1.54, 1.807) is 24.3 Å². The molecule has 0 radical (unpaired) electrons. The van der Waals surface area contributed by atoms with Crippen LogP contribution in [-0.4, -0.2) is 36.0 Å². The molecule has 378 valence electrons. The van der Waals surface area contributed by atoms with E-state index in [0.717, 1.165) is 71.7 Å². The lowest BCUT2D eigenvalue weighted by Crippen LogP contribution is -2.05. The first-order valence-corrected chi connectivity index (χ1v) is 25.9. The highest BCUT2D eigenvalue weighted by atomic mass is 16.5. The number of para-hydroxylation sites is 2. The molecule has 0 aliphatic heterocycles. The number of hydrogen-bond acceptors (Lipinski definition) is 9. The molecule has 3 heterocycles. The summed E-state index contributed by atoms with van der Waals surface area (Å²) in [6, 6.07) is 79.9. The molecule has 13 aromatic rings. The lowest BCUT2D eigenvalue weighted by molar-refractivity contribution is 0.0464. The Labute approximate surface area is 459 Å². The zero-order chi connectivity index (χ0) is 54.1. The van der Waals surface area contributed by atoms with E-state index in [4.69, 9.17) is 24.4 Å². The summed E-state index contributed by atoms with van der Waals surface area (Å²) in [6.07, 6.45) is 0. The van der Waals surface area contributed by atoms with Crippen LogP contribution in [-0.2, 0) is 22.7 Å². The van der Waals surface area contributed by atoms with E-state index < -0.39 is 11.9 Å². The van der Waals surface area contributed by atoms with Crippen LogP contribution in [0.15, 0.2) is 237 Å². The van der Waals surface area contributed by atoms with Crippen LogP contribution < -0.4 is 0 Å². The average Bonchev–Trinajstić information content (AvgIpc) is 4.04. The molecule has 3 aromatic heterocycles. The molecule has 11 nitrogen and oxygen atoms in total. The molecule has 0 bridgehead atoms. The number of hydrogen-bond donors (Lipinski definition) is 0. The van der Waals surface area contributed by atoms with E-state index in [9.17, 15) is 20.1 Å². The average molecular weight is 1030 g/mol. The molecule has 0 atom stereocenters. The summed E-state index contributed by atoms with van der Waals surface area (Å²) in [6.45, 7) is 0.300. The first-order valence-electron chi connectivity index (χ1n) is 25.9. The number of rotatable bonds is 12. The minimum Gasteiger partial charge on any atom is -0.457 e. The molecule has 0 saturated heterocycles. The summed E-state index contributed by atoms with van der Waals surface area (Å²) in [7, 11) is 0. The van der Waals surface area contributed by atoms with Crippen molar-refractivity contribution in [3.8, 4) is 68.8 Å². The van der Waals surface area contributed by atoms with Crippen molar-refractivity contribution < 1.29 is 19.1 Å². The maximum Gasteiger partial charge on any atom is 0.338 e. The number of nitrogens with zero attached hydrogens (tertiary/aromatic N) is 7. The molecule has 0 N–H and O–H groups in total.